The minimum atomic E-state index is -2.99. The van der Waals surface area contributed by atoms with Crippen molar-refractivity contribution in [3.8, 4) is 5.82 Å². The van der Waals surface area contributed by atoms with Crippen molar-refractivity contribution >= 4 is 34.9 Å². The number of aliphatic carboxylic acids is 2. The Labute approximate surface area is 247 Å². The zero-order chi connectivity index (χ0) is 30.8. The molecule has 0 bridgehead atoms. The van der Waals surface area contributed by atoms with Gasteiger partial charge in [0.25, 0.3) is 5.92 Å². The van der Waals surface area contributed by atoms with E-state index in [1.165, 1.54) is 17.4 Å². The van der Waals surface area contributed by atoms with Crippen LogP contribution in [0, 0.1) is 6.92 Å². The number of hydrogen-bond acceptors (Lipinski definition) is 10. The molecule has 0 unspecified atom stereocenters. The highest BCUT2D eigenvalue weighted by molar-refractivity contribution is 7.16. The second kappa shape index (κ2) is 12.7. The molecule has 16 heteroatoms. The Morgan fingerprint density at radius 3 is 2.40 bits per heavy atom. The number of rotatable bonds is 7. The molecule has 0 aliphatic carbocycles. The van der Waals surface area contributed by atoms with E-state index in [9.17, 15) is 23.5 Å². The maximum absolute atomic E-state index is 14.3. The molecule has 1 fully saturated rings. The molecule has 42 heavy (non-hydrogen) atoms. The number of pyridine rings is 1. The molecule has 2 atom stereocenters. The van der Waals surface area contributed by atoms with Crippen molar-refractivity contribution in [1.29, 1.82) is 0 Å². The van der Waals surface area contributed by atoms with Crippen LogP contribution >= 0.6 is 22.9 Å². The normalized spacial score (nSPS) is 18.9. The van der Waals surface area contributed by atoms with E-state index in [1.54, 1.807) is 16.9 Å². The number of hydrogen-bond donors (Lipinski definition) is 5. The standard InChI is InChI=1S/C22H23ClF2N4O2S.C4H6O6/c1-14-16(11-29(27-14)20-15(12-30)3-2-6-26-20)10-28-7-4-21(5-8-28)19-17(9-18(23)32-19)22(24,25)13-31-21;5-1(3(7)8)2(6)4(9)10/h2-3,6,9,11,30H,4-5,7-8,10,12-13H2,1H3;1-2,5-6H,(H,7,8)(H,9,10)/t;1-,2-/m.1/s1. The molecule has 0 radical (unpaired) electrons. The van der Waals surface area contributed by atoms with Gasteiger partial charge in [0, 0.05) is 53.6 Å². The molecular weight excluding hydrogens is 602 g/mol. The van der Waals surface area contributed by atoms with Gasteiger partial charge in [0.2, 0.25) is 0 Å². The Balaban J connectivity index is 0.000000349. The molecule has 3 aromatic heterocycles. The van der Waals surface area contributed by atoms with Gasteiger partial charge in [-0.1, -0.05) is 17.7 Å². The number of halogens is 3. The first-order valence-electron chi connectivity index (χ1n) is 12.7. The fourth-order valence-electron chi connectivity index (χ4n) is 4.82. The summed E-state index contributed by atoms with van der Waals surface area (Å²) in [4.78, 5) is 26.8. The number of fused-ring (bicyclic) bond motifs is 2. The molecule has 12 nitrogen and oxygen atoms in total. The van der Waals surface area contributed by atoms with Gasteiger partial charge < -0.3 is 30.3 Å². The van der Waals surface area contributed by atoms with Crippen molar-refractivity contribution in [2.45, 2.75) is 56.6 Å². The second-order valence-corrected chi connectivity index (χ2v) is 11.6. The molecule has 3 aromatic rings. The number of nitrogens with zero attached hydrogens (tertiary/aromatic N) is 4. The van der Waals surface area contributed by atoms with Crippen molar-refractivity contribution in [3.63, 3.8) is 0 Å². The lowest BCUT2D eigenvalue weighted by Crippen LogP contribution is -2.48. The fraction of sp³-hybridized carbons (Fsp3) is 0.462. The van der Waals surface area contributed by atoms with Crippen molar-refractivity contribution in [2.75, 3.05) is 19.7 Å². The van der Waals surface area contributed by atoms with E-state index in [1.807, 2.05) is 19.2 Å². The number of thiophene rings is 1. The third-order valence-electron chi connectivity index (χ3n) is 7.16. The van der Waals surface area contributed by atoms with Crippen LogP contribution < -0.4 is 0 Å². The lowest BCUT2D eigenvalue weighted by Gasteiger charge is -2.45. The zero-order valence-corrected chi connectivity index (χ0v) is 23.9. The predicted molar refractivity (Wildman–Crippen MR) is 145 cm³/mol. The number of ether oxygens (including phenoxy) is 1. The number of aliphatic hydroxyl groups is 3. The van der Waals surface area contributed by atoms with Crippen molar-refractivity contribution in [2.24, 2.45) is 0 Å². The van der Waals surface area contributed by atoms with Gasteiger partial charge in [0.05, 0.1) is 16.6 Å². The molecule has 2 aliphatic rings. The quantitative estimate of drug-likeness (QED) is 0.259. The van der Waals surface area contributed by atoms with Crippen LogP contribution in [0.15, 0.2) is 30.6 Å². The minimum absolute atomic E-state index is 0.0272. The topological polar surface area (TPSA) is 178 Å². The molecule has 1 saturated heterocycles. The van der Waals surface area contributed by atoms with Crippen LogP contribution in [-0.4, -0.2) is 89.0 Å². The number of carbonyl (C=O) groups is 2. The molecule has 0 aromatic carbocycles. The van der Waals surface area contributed by atoms with Gasteiger partial charge in [0.15, 0.2) is 18.0 Å². The van der Waals surface area contributed by atoms with Crippen LogP contribution in [0.4, 0.5) is 8.78 Å². The molecule has 5 rings (SSSR count). The van der Waals surface area contributed by atoms with Crippen LogP contribution in [0.3, 0.4) is 0 Å². The monoisotopic (exact) mass is 630 g/mol. The van der Waals surface area contributed by atoms with E-state index in [0.717, 1.165) is 24.3 Å². The summed E-state index contributed by atoms with van der Waals surface area (Å²) in [5.41, 5.74) is 2.00. The first kappa shape index (κ1) is 31.9. The van der Waals surface area contributed by atoms with Crippen LogP contribution in [0.1, 0.15) is 40.1 Å². The number of carboxylic acid groups (broad SMARTS) is 2. The van der Waals surface area contributed by atoms with E-state index < -0.39 is 42.3 Å². The number of piperidine rings is 1. The van der Waals surface area contributed by atoms with Gasteiger partial charge in [-0.2, -0.15) is 13.9 Å². The summed E-state index contributed by atoms with van der Waals surface area (Å²) >= 11 is 7.31. The fourth-order valence-corrected chi connectivity index (χ4v) is 6.30. The van der Waals surface area contributed by atoms with Gasteiger partial charge in [-0.05, 0) is 31.9 Å². The summed E-state index contributed by atoms with van der Waals surface area (Å²) in [6, 6.07) is 5.00. The number of alkyl halides is 2. The Kier molecular flexibility index (Phi) is 9.62. The van der Waals surface area contributed by atoms with E-state index in [-0.39, 0.29) is 12.2 Å². The maximum Gasteiger partial charge on any atom is 0.335 e. The van der Waals surface area contributed by atoms with E-state index in [0.29, 0.717) is 40.0 Å². The lowest BCUT2D eigenvalue weighted by atomic mass is 9.84. The highest BCUT2D eigenvalue weighted by Gasteiger charge is 2.51. The van der Waals surface area contributed by atoms with Crippen molar-refractivity contribution in [3.05, 3.63) is 62.2 Å². The van der Waals surface area contributed by atoms with Crippen molar-refractivity contribution < 1.29 is 48.6 Å². The van der Waals surface area contributed by atoms with Gasteiger partial charge in [-0.3, -0.25) is 4.90 Å². The number of aromatic nitrogens is 3. The molecule has 228 valence electrons. The molecule has 5 heterocycles. The minimum Gasteiger partial charge on any atom is -0.479 e. The largest absolute Gasteiger partial charge is 0.479 e. The first-order valence-corrected chi connectivity index (χ1v) is 13.9. The average molecular weight is 631 g/mol. The highest BCUT2D eigenvalue weighted by Crippen LogP contribution is 2.52. The summed E-state index contributed by atoms with van der Waals surface area (Å²) in [5, 5.41) is 46.7. The van der Waals surface area contributed by atoms with Gasteiger partial charge >= 0.3 is 11.9 Å². The molecule has 1 spiro atoms. The first-order chi connectivity index (χ1) is 19.8. The zero-order valence-electron chi connectivity index (χ0n) is 22.3. The van der Waals surface area contributed by atoms with E-state index in [2.05, 4.69) is 15.0 Å². The van der Waals surface area contributed by atoms with Crippen LogP contribution in [0.5, 0.6) is 0 Å². The summed E-state index contributed by atoms with van der Waals surface area (Å²) in [6.07, 6.45) is 0.351. The predicted octanol–water partition coefficient (Wildman–Crippen LogP) is 2.27. The smallest absolute Gasteiger partial charge is 0.335 e. The number of aryl methyl sites for hydroxylation is 1. The van der Waals surface area contributed by atoms with Gasteiger partial charge in [0.1, 0.15) is 12.2 Å². The van der Waals surface area contributed by atoms with Crippen LogP contribution in [0.2, 0.25) is 4.34 Å². The Bertz CT molecular complexity index is 1430. The maximum atomic E-state index is 14.3. The Morgan fingerprint density at radius 1 is 1.17 bits per heavy atom. The molecule has 2 aliphatic heterocycles. The third-order valence-corrected chi connectivity index (χ3v) is 8.61. The molecule has 0 saturated carbocycles. The molecule has 0 amide bonds. The van der Waals surface area contributed by atoms with Crippen LogP contribution in [0.25, 0.3) is 5.82 Å². The average Bonchev–Trinajstić information content (AvgIpc) is 3.55. The lowest BCUT2D eigenvalue weighted by molar-refractivity contribution is -0.182. The second-order valence-electron chi connectivity index (χ2n) is 9.95. The number of aliphatic hydroxyl groups excluding tert-OH is 3. The summed E-state index contributed by atoms with van der Waals surface area (Å²) in [7, 11) is 0. The van der Waals surface area contributed by atoms with E-state index in [4.69, 9.17) is 36.8 Å². The van der Waals surface area contributed by atoms with Gasteiger partial charge in [-0.15, -0.1) is 11.3 Å². The number of likely N-dealkylation sites (tertiary alicyclic amines) is 1. The molecule has 5 N–H and O–H groups in total. The van der Waals surface area contributed by atoms with E-state index >= 15 is 0 Å². The number of carboxylic acids is 2. The summed E-state index contributed by atoms with van der Waals surface area (Å²) in [6.45, 7) is 3.37. The highest BCUT2D eigenvalue weighted by atomic mass is 35.5. The summed E-state index contributed by atoms with van der Waals surface area (Å²) < 4.78 is 36.5. The third kappa shape index (κ3) is 6.62. The molecular formula is C26H29ClF2N4O8S. The SMILES string of the molecule is Cc1nn(-c2ncccc2CO)cc1CN1CCC2(CC1)OCC(F)(F)c1cc(Cl)sc12.O=C(O)[C@H](O)[C@@H](O)C(=O)O. The van der Waals surface area contributed by atoms with Gasteiger partial charge in [-0.25, -0.2) is 19.3 Å². The Morgan fingerprint density at radius 2 is 1.81 bits per heavy atom. The Hall–Kier alpha value is -3.05. The van der Waals surface area contributed by atoms with Crippen LogP contribution in [-0.2, 0) is 39.0 Å². The summed E-state index contributed by atoms with van der Waals surface area (Å²) in [5.74, 6) is -5.92. The van der Waals surface area contributed by atoms with Crippen molar-refractivity contribution in [1.82, 2.24) is 19.7 Å².